The molecule has 0 amide bonds. The maximum absolute atomic E-state index is 5.96. The van der Waals surface area contributed by atoms with E-state index in [1.165, 1.54) is 45.1 Å². The minimum atomic E-state index is 0.351. The summed E-state index contributed by atoms with van der Waals surface area (Å²) in [6.07, 6.45) is 9.00. The molecule has 3 rings (SSSR count). The molecule has 0 aromatic rings. The van der Waals surface area contributed by atoms with E-state index < -0.39 is 0 Å². The van der Waals surface area contributed by atoms with Crippen molar-refractivity contribution in [1.29, 1.82) is 0 Å². The van der Waals surface area contributed by atoms with E-state index in [4.69, 9.17) is 10.5 Å². The van der Waals surface area contributed by atoms with E-state index in [0.717, 1.165) is 17.8 Å². The minimum Gasteiger partial charge on any atom is -0.374 e. The molecule has 1 aliphatic heterocycles. The lowest BCUT2D eigenvalue weighted by Crippen LogP contribution is -2.47. The maximum atomic E-state index is 5.96. The molecular weight excluding hydrogens is 224 g/mol. The molecule has 3 fully saturated rings. The number of hydrogen-bond acceptors (Lipinski definition) is 3. The summed E-state index contributed by atoms with van der Waals surface area (Å²) >= 11 is 0. The predicted octanol–water partition coefficient (Wildman–Crippen LogP) is 1.91. The van der Waals surface area contributed by atoms with Crippen LogP contribution in [0.15, 0.2) is 0 Å². The summed E-state index contributed by atoms with van der Waals surface area (Å²) in [5, 5.41) is 3.72. The molecule has 3 N–H and O–H groups in total. The first-order valence-corrected chi connectivity index (χ1v) is 7.87. The Hall–Kier alpha value is -0.120. The van der Waals surface area contributed by atoms with Crippen molar-refractivity contribution < 1.29 is 4.74 Å². The third-order valence-electron chi connectivity index (χ3n) is 5.04. The summed E-state index contributed by atoms with van der Waals surface area (Å²) in [5.74, 6) is 2.97. The van der Waals surface area contributed by atoms with E-state index in [2.05, 4.69) is 12.2 Å². The molecule has 0 bridgehead atoms. The Morgan fingerprint density at radius 2 is 1.78 bits per heavy atom. The van der Waals surface area contributed by atoms with Gasteiger partial charge in [-0.05, 0) is 69.7 Å². The lowest BCUT2D eigenvalue weighted by atomic mass is 9.97. The van der Waals surface area contributed by atoms with Crippen molar-refractivity contribution in [2.75, 3.05) is 13.1 Å². The number of rotatable bonds is 7. The van der Waals surface area contributed by atoms with Gasteiger partial charge in [0.05, 0.1) is 12.2 Å². The average molecular weight is 252 g/mol. The third-order valence-corrected chi connectivity index (χ3v) is 5.04. The molecule has 3 nitrogen and oxygen atoms in total. The van der Waals surface area contributed by atoms with Crippen LogP contribution in [-0.2, 0) is 4.74 Å². The molecule has 3 atom stereocenters. The van der Waals surface area contributed by atoms with Crippen LogP contribution in [0.5, 0.6) is 0 Å². The Morgan fingerprint density at radius 3 is 2.22 bits per heavy atom. The molecule has 3 heteroatoms. The second kappa shape index (κ2) is 5.48. The van der Waals surface area contributed by atoms with Crippen LogP contribution in [0, 0.1) is 17.8 Å². The van der Waals surface area contributed by atoms with Gasteiger partial charge in [0, 0.05) is 12.6 Å². The van der Waals surface area contributed by atoms with Crippen molar-refractivity contribution in [2.24, 2.45) is 23.5 Å². The van der Waals surface area contributed by atoms with Crippen molar-refractivity contribution in [1.82, 2.24) is 5.32 Å². The van der Waals surface area contributed by atoms with Gasteiger partial charge in [-0.1, -0.05) is 0 Å². The van der Waals surface area contributed by atoms with Crippen molar-refractivity contribution in [2.45, 2.75) is 63.7 Å². The van der Waals surface area contributed by atoms with Crippen LogP contribution in [-0.4, -0.2) is 31.3 Å². The molecule has 3 aliphatic rings. The van der Waals surface area contributed by atoms with Crippen molar-refractivity contribution in [3.63, 3.8) is 0 Å². The highest BCUT2D eigenvalue weighted by Gasteiger charge is 2.41. The summed E-state index contributed by atoms with van der Waals surface area (Å²) in [6, 6.07) is 0.370. The van der Waals surface area contributed by atoms with E-state index in [1.54, 1.807) is 0 Å². The zero-order valence-corrected chi connectivity index (χ0v) is 11.6. The zero-order chi connectivity index (χ0) is 12.5. The summed E-state index contributed by atoms with van der Waals surface area (Å²) in [6.45, 7) is 4.05. The fourth-order valence-electron chi connectivity index (χ4n) is 3.55. The Bertz CT molecular complexity index is 264. The molecule has 1 heterocycles. The van der Waals surface area contributed by atoms with E-state index in [1.807, 2.05) is 0 Å². The van der Waals surface area contributed by atoms with Crippen LogP contribution in [0.25, 0.3) is 0 Å². The lowest BCUT2D eigenvalue weighted by Gasteiger charge is -2.26. The van der Waals surface area contributed by atoms with E-state index >= 15 is 0 Å². The molecule has 0 aromatic heterocycles. The topological polar surface area (TPSA) is 47.3 Å². The maximum Gasteiger partial charge on any atom is 0.0744 e. The lowest BCUT2D eigenvalue weighted by molar-refractivity contribution is 0.0325. The monoisotopic (exact) mass is 252 g/mol. The number of hydrogen-bond donors (Lipinski definition) is 2. The highest BCUT2D eigenvalue weighted by Crippen LogP contribution is 2.48. The Balaban J connectivity index is 1.47. The van der Waals surface area contributed by atoms with Gasteiger partial charge in [-0.15, -0.1) is 0 Å². The van der Waals surface area contributed by atoms with Crippen LogP contribution >= 0.6 is 0 Å². The highest BCUT2D eigenvalue weighted by atomic mass is 16.5. The predicted molar refractivity (Wildman–Crippen MR) is 73.4 cm³/mol. The molecule has 104 valence electrons. The first-order valence-electron chi connectivity index (χ1n) is 7.87. The van der Waals surface area contributed by atoms with E-state index in [9.17, 15) is 0 Å². The molecule has 0 radical (unpaired) electrons. The van der Waals surface area contributed by atoms with Gasteiger partial charge in [-0.3, -0.25) is 0 Å². The van der Waals surface area contributed by atoms with Crippen molar-refractivity contribution >= 4 is 0 Å². The van der Waals surface area contributed by atoms with Crippen LogP contribution < -0.4 is 11.1 Å². The quantitative estimate of drug-likeness (QED) is 0.727. The van der Waals surface area contributed by atoms with Gasteiger partial charge in [0.1, 0.15) is 0 Å². The number of nitrogens with two attached hydrogens (primary N) is 1. The summed E-state index contributed by atoms with van der Waals surface area (Å²) in [5.41, 5.74) is 5.93. The normalized spacial score (nSPS) is 34.2. The molecular formula is C15H28N2O. The first-order chi connectivity index (χ1) is 8.78. The molecule has 0 spiro atoms. The average Bonchev–Trinajstić information content (AvgIpc) is 3.26. The second-order valence-electron chi connectivity index (χ2n) is 6.65. The Morgan fingerprint density at radius 1 is 1.11 bits per heavy atom. The molecule has 2 aliphatic carbocycles. The SMILES string of the molecule is CC1CCC(C(CN)NCC(C2CC2)C2CC2)O1. The summed E-state index contributed by atoms with van der Waals surface area (Å²) in [4.78, 5) is 0. The summed E-state index contributed by atoms with van der Waals surface area (Å²) in [7, 11) is 0. The van der Waals surface area contributed by atoms with Crippen LogP contribution in [0.3, 0.4) is 0 Å². The van der Waals surface area contributed by atoms with Crippen LogP contribution in [0.4, 0.5) is 0 Å². The fraction of sp³-hybridized carbons (Fsp3) is 1.00. The smallest absolute Gasteiger partial charge is 0.0744 e. The molecule has 1 saturated heterocycles. The van der Waals surface area contributed by atoms with Gasteiger partial charge in [0.25, 0.3) is 0 Å². The van der Waals surface area contributed by atoms with Crippen molar-refractivity contribution in [3.05, 3.63) is 0 Å². The Kier molecular flexibility index (Phi) is 3.92. The minimum absolute atomic E-state index is 0.351. The zero-order valence-electron chi connectivity index (χ0n) is 11.6. The molecule has 0 aromatic carbocycles. The number of nitrogens with one attached hydrogen (secondary N) is 1. The molecule has 18 heavy (non-hydrogen) atoms. The van der Waals surface area contributed by atoms with E-state index in [-0.39, 0.29) is 0 Å². The van der Waals surface area contributed by atoms with Crippen LogP contribution in [0.1, 0.15) is 45.4 Å². The fourth-order valence-corrected chi connectivity index (χ4v) is 3.55. The first kappa shape index (κ1) is 12.9. The van der Waals surface area contributed by atoms with Crippen LogP contribution in [0.2, 0.25) is 0 Å². The van der Waals surface area contributed by atoms with Gasteiger partial charge in [0.15, 0.2) is 0 Å². The largest absolute Gasteiger partial charge is 0.374 e. The molecule has 2 saturated carbocycles. The standard InChI is InChI=1S/C15H28N2O/c1-10-2-7-15(18-10)14(8-16)17-9-13(11-3-4-11)12-5-6-12/h10-15,17H,2-9,16H2,1H3. The van der Waals surface area contributed by atoms with Gasteiger partial charge in [-0.2, -0.15) is 0 Å². The second-order valence-corrected chi connectivity index (χ2v) is 6.65. The van der Waals surface area contributed by atoms with Gasteiger partial charge in [0.2, 0.25) is 0 Å². The molecule has 3 unspecified atom stereocenters. The van der Waals surface area contributed by atoms with Gasteiger partial charge < -0.3 is 15.8 Å². The van der Waals surface area contributed by atoms with Gasteiger partial charge in [-0.25, -0.2) is 0 Å². The van der Waals surface area contributed by atoms with Crippen molar-refractivity contribution in [3.8, 4) is 0 Å². The van der Waals surface area contributed by atoms with Gasteiger partial charge >= 0.3 is 0 Å². The third kappa shape index (κ3) is 3.06. The highest BCUT2D eigenvalue weighted by molar-refractivity contribution is 4.94. The number of ether oxygens (including phenoxy) is 1. The summed E-state index contributed by atoms with van der Waals surface area (Å²) < 4.78 is 5.96. The van der Waals surface area contributed by atoms with E-state index in [0.29, 0.717) is 24.8 Å². The Labute approximate surface area is 111 Å².